The molecule has 0 radical (unpaired) electrons. The molecule has 0 aliphatic rings. The van der Waals surface area contributed by atoms with Crippen molar-refractivity contribution >= 4 is 17.3 Å². The fraction of sp³-hybridized carbons (Fsp3) is 0.364. The first kappa shape index (κ1) is 15.0. The predicted octanol–water partition coefficient (Wildman–Crippen LogP) is 1.94. The van der Waals surface area contributed by atoms with Gasteiger partial charge in [-0.3, -0.25) is 14.9 Å². The second-order valence-electron chi connectivity index (χ2n) is 4.73. The number of halogens is 2. The molecule has 0 bridgehead atoms. The van der Waals surface area contributed by atoms with Crippen molar-refractivity contribution in [2.75, 3.05) is 5.32 Å². The summed E-state index contributed by atoms with van der Waals surface area (Å²) >= 11 is 0. The third-order valence-electron chi connectivity index (χ3n) is 2.15. The van der Waals surface area contributed by atoms with E-state index in [0.29, 0.717) is 6.07 Å². The normalized spacial score (nSPS) is 11.2. The Morgan fingerprint density at radius 1 is 1.47 bits per heavy atom. The molecule has 0 heterocycles. The summed E-state index contributed by atoms with van der Waals surface area (Å²) in [7, 11) is 0. The minimum Gasteiger partial charge on any atom is -0.325 e. The minimum absolute atomic E-state index is 0.194. The number of hydrogen-bond acceptors (Lipinski definition) is 4. The van der Waals surface area contributed by atoms with Gasteiger partial charge in [-0.25, -0.2) is 8.78 Å². The molecule has 1 aromatic rings. The van der Waals surface area contributed by atoms with Gasteiger partial charge in [-0.2, -0.15) is 0 Å². The third kappa shape index (κ3) is 3.95. The van der Waals surface area contributed by atoms with Gasteiger partial charge in [0.2, 0.25) is 5.91 Å². The number of nitrogens with one attached hydrogen (secondary N) is 1. The van der Waals surface area contributed by atoms with E-state index in [1.807, 2.05) is 5.32 Å². The Morgan fingerprint density at radius 3 is 2.53 bits per heavy atom. The van der Waals surface area contributed by atoms with Crippen LogP contribution in [0.1, 0.15) is 20.3 Å². The summed E-state index contributed by atoms with van der Waals surface area (Å²) in [6.45, 7) is 3.12. The number of carbonyl (C=O) groups excluding carboxylic acids is 1. The van der Waals surface area contributed by atoms with Crippen molar-refractivity contribution in [3.8, 4) is 0 Å². The van der Waals surface area contributed by atoms with E-state index in [0.717, 1.165) is 6.07 Å². The van der Waals surface area contributed by atoms with E-state index < -0.39 is 39.4 Å². The molecule has 0 spiro atoms. The average Bonchev–Trinajstić information content (AvgIpc) is 2.21. The first-order valence-electron chi connectivity index (χ1n) is 5.33. The maximum Gasteiger partial charge on any atom is 0.296 e. The molecule has 0 saturated heterocycles. The molecule has 1 aromatic carbocycles. The van der Waals surface area contributed by atoms with Crippen molar-refractivity contribution in [2.45, 2.75) is 25.8 Å². The maximum atomic E-state index is 13.5. The van der Waals surface area contributed by atoms with Gasteiger partial charge in [-0.1, -0.05) is 0 Å². The number of carbonyl (C=O) groups is 1. The Hall–Kier alpha value is -2.09. The topological polar surface area (TPSA) is 98.3 Å². The van der Waals surface area contributed by atoms with E-state index >= 15 is 0 Å². The lowest BCUT2D eigenvalue weighted by Gasteiger charge is -2.17. The second-order valence-corrected chi connectivity index (χ2v) is 4.73. The van der Waals surface area contributed by atoms with E-state index in [9.17, 15) is 23.7 Å². The molecule has 0 aromatic heterocycles. The summed E-state index contributed by atoms with van der Waals surface area (Å²) in [5.41, 5.74) is 3.21. The summed E-state index contributed by atoms with van der Waals surface area (Å²) in [5, 5.41) is 12.7. The summed E-state index contributed by atoms with van der Waals surface area (Å²) in [6.07, 6.45) is -0.194. The van der Waals surface area contributed by atoms with E-state index in [4.69, 9.17) is 5.73 Å². The molecule has 0 fully saturated rings. The van der Waals surface area contributed by atoms with Gasteiger partial charge >= 0.3 is 0 Å². The van der Waals surface area contributed by atoms with Gasteiger partial charge in [0.15, 0.2) is 17.3 Å². The smallest absolute Gasteiger partial charge is 0.296 e. The lowest BCUT2D eigenvalue weighted by Crippen LogP contribution is -2.36. The first-order chi connectivity index (χ1) is 8.61. The molecule has 8 heteroatoms. The predicted molar refractivity (Wildman–Crippen MR) is 64.5 cm³/mol. The number of hydrogen-bond donors (Lipinski definition) is 2. The first-order valence-corrected chi connectivity index (χ1v) is 5.33. The fourth-order valence-electron chi connectivity index (χ4n) is 1.41. The molecule has 0 aliphatic carbocycles. The van der Waals surface area contributed by atoms with Crippen molar-refractivity contribution in [2.24, 2.45) is 5.73 Å². The van der Waals surface area contributed by atoms with Gasteiger partial charge < -0.3 is 11.1 Å². The Kier molecular flexibility index (Phi) is 4.15. The monoisotopic (exact) mass is 273 g/mol. The van der Waals surface area contributed by atoms with Crippen LogP contribution in [-0.4, -0.2) is 16.4 Å². The van der Waals surface area contributed by atoms with Crippen LogP contribution in [0.2, 0.25) is 0 Å². The molecule has 0 aliphatic heterocycles. The minimum atomic E-state index is -1.47. The molecule has 1 amide bonds. The van der Waals surface area contributed by atoms with Gasteiger partial charge in [0.05, 0.1) is 4.92 Å². The summed E-state index contributed by atoms with van der Waals surface area (Å²) < 4.78 is 26.5. The maximum absolute atomic E-state index is 13.5. The summed E-state index contributed by atoms with van der Waals surface area (Å²) in [6, 6.07) is 1.40. The van der Waals surface area contributed by atoms with Crippen LogP contribution in [0.15, 0.2) is 12.1 Å². The highest BCUT2D eigenvalue weighted by atomic mass is 19.2. The SMILES string of the molecule is CC(C)(N)CC(=O)Nc1c([N+](=O)[O-])ccc(F)c1F. The molecule has 0 saturated carbocycles. The van der Waals surface area contributed by atoms with Crippen molar-refractivity contribution in [1.29, 1.82) is 0 Å². The van der Waals surface area contributed by atoms with Gasteiger partial charge in [-0.15, -0.1) is 0 Å². The Bertz CT molecular complexity index is 527. The van der Waals surface area contributed by atoms with Crippen LogP contribution in [-0.2, 0) is 4.79 Å². The van der Waals surface area contributed by atoms with Gasteiger partial charge in [0.1, 0.15) is 0 Å². The molecule has 3 N–H and O–H groups in total. The summed E-state index contributed by atoms with van der Waals surface area (Å²) in [4.78, 5) is 21.3. The van der Waals surface area contributed by atoms with Crippen molar-refractivity contribution in [1.82, 2.24) is 0 Å². The highest BCUT2D eigenvalue weighted by Gasteiger charge is 2.25. The lowest BCUT2D eigenvalue weighted by molar-refractivity contribution is -0.384. The molecule has 0 atom stereocenters. The van der Waals surface area contributed by atoms with E-state index in [2.05, 4.69) is 0 Å². The average molecular weight is 273 g/mol. The Labute approximate surface area is 107 Å². The zero-order chi connectivity index (χ0) is 14.8. The van der Waals surface area contributed by atoms with Crippen LogP contribution in [0.3, 0.4) is 0 Å². The molecular weight excluding hydrogens is 260 g/mol. The van der Waals surface area contributed by atoms with Crippen LogP contribution < -0.4 is 11.1 Å². The largest absolute Gasteiger partial charge is 0.325 e. The number of nitrogens with zero attached hydrogens (tertiary/aromatic N) is 1. The van der Waals surface area contributed by atoms with Crippen LogP contribution in [0.5, 0.6) is 0 Å². The lowest BCUT2D eigenvalue weighted by atomic mass is 10.0. The Morgan fingerprint density at radius 2 is 2.05 bits per heavy atom. The number of amides is 1. The number of nitro benzene ring substituents is 1. The molecule has 0 unspecified atom stereocenters. The van der Waals surface area contributed by atoms with E-state index in [-0.39, 0.29) is 6.42 Å². The Balaban J connectivity index is 3.09. The van der Waals surface area contributed by atoms with E-state index in [1.54, 1.807) is 13.8 Å². The number of anilines is 1. The van der Waals surface area contributed by atoms with Crippen molar-refractivity contribution in [3.05, 3.63) is 33.9 Å². The molecular formula is C11H13F2N3O3. The summed E-state index contributed by atoms with van der Waals surface area (Å²) in [5.74, 6) is -3.50. The zero-order valence-corrected chi connectivity index (χ0v) is 10.4. The molecule has 1 rings (SSSR count). The second kappa shape index (κ2) is 5.27. The van der Waals surface area contributed by atoms with Gasteiger partial charge in [0.25, 0.3) is 5.69 Å². The van der Waals surface area contributed by atoms with Crippen LogP contribution >= 0.6 is 0 Å². The highest BCUT2D eigenvalue weighted by Crippen LogP contribution is 2.29. The zero-order valence-electron chi connectivity index (χ0n) is 10.4. The fourth-order valence-corrected chi connectivity index (χ4v) is 1.41. The van der Waals surface area contributed by atoms with Crippen LogP contribution in [0.25, 0.3) is 0 Å². The van der Waals surface area contributed by atoms with Gasteiger partial charge in [0, 0.05) is 18.0 Å². The number of nitrogens with two attached hydrogens (primary N) is 1. The molecule has 104 valence electrons. The molecule has 6 nitrogen and oxygen atoms in total. The van der Waals surface area contributed by atoms with Crippen LogP contribution in [0, 0.1) is 21.7 Å². The van der Waals surface area contributed by atoms with Crippen LogP contribution in [0.4, 0.5) is 20.2 Å². The number of benzene rings is 1. The standard InChI is InChI=1S/C11H13F2N3O3/c1-11(2,14)5-8(17)15-10-7(16(18)19)4-3-6(12)9(10)13/h3-4H,5,14H2,1-2H3,(H,15,17). The highest BCUT2D eigenvalue weighted by molar-refractivity contribution is 5.93. The van der Waals surface area contributed by atoms with Crippen molar-refractivity contribution < 1.29 is 18.5 Å². The number of nitro groups is 1. The van der Waals surface area contributed by atoms with Gasteiger partial charge in [-0.05, 0) is 19.9 Å². The third-order valence-corrected chi connectivity index (χ3v) is 2.15. The quantitative estimate of drug-likeness (QED) is 0.647. The number of rotatable bonds is 4. The van der Waals surface area contributed by atoms with E-state index in [1.165, 1.54) is 0 Å². The molecule has 19 heavy (non-hydrogen) atoms. The van der Waals surface area contributed by atoms with Crippen molar-refractivity contribution in [3.63, 3.8) is 0 Å².